The number of hydrogen-bond acceptors (Lipinski definition) is 13. The molecule has 2 aromatic carbocycles. The van der Waals surface area contributed by atoms with Gasteiger partial charge in [-0.25, -0.2) is 9.59 Å². The number of aromatic hydroxyl groups is 2. The van der Waals surface area contributed by atoms with Gasteiger partial charge in [-0.05, 0) is 73.6 Å². The molecular weight excluding hydrogens is 754 g/mol. The van der Waals surface area contributed by atoms with E-state index in [1.807, 2.05) is 13.8 Å². The summed E-state index contributed by atoms with van der Waals surface area (Å²) in [5, 5.41) is 62.2. The number of aromatic nitrogens is 2. The Morgan fingerprint density at radius 1 is 1.09 bits per heavy atom. The highest BCUT2D eigenvalue weighted by Gasteiger charge is 2.59. The molecule has 2 fully saturated rings. The quantitative estimate of drug-likeness (QED) is 0.109. The van der Waals surface area contributed by atoms with Gasteiger partial charge in [-0.1, -0.05) is 13.8 Å². The third-order valence-electron chi connectivity index (χ3n) is 9.62. The number of nitrogens with one attached hydrogen (secondary N) is 4. The predicted octanol–water partition coefficient (Wildman–Crippen LogP) is 2.71. The average molecular weight is 799 g/mol. The molecule has 2 aliphatic rings. The van der Waals surface area contributed by atoms with E-state index >= 15 is 0 Å². The highest BCUT2D eigenvalue weighted by atomic mass is 19.3. The van der Waals surface area contributed by atoms with E-state index in [0.717, 1.165) is 23.2 Å². The first-order valence-corrected chi connectivity index (χ1v) is 18.0. The smallest absolute Gasteiger partial charge is 0.412 e. The number of alkyl halides is 2. The number of aliphatic hydroxyl groups is 2. The van der Waals surface area contributed by atoms with Crippen LogP contribution >= 0.6 is 0 Å². The zero-order valence-corrected chi connectivity index (χ0v) is 31.2. The number of phenols is 2. The number of anilines is 2. The predicted molar refractivity (Wildman–Crippen MR) is 200 cm³/mol. The molecule has 0 radical (unpaired) electrons. The number of carbonyl (C=O) groups is 3. The second-order valence-corrected chi connectivity index (χ2v) is 13.8. The van der Waals surface area contributed by atoms with Crippen molar-refractivity contribution in [2.75, 3.05) is 43.1 Å². The zero-order valence-electron chi connectivity index (χ0n) is 31.2. The molecule has 20 heteroatoms. The number of halogens is 2. The Kier molecular flexibility index (Phi) is 12.9. The highest BCUT2D eigenvalue weighted by molar-refractivity contribution is 6.48. The lowest BCUT2D eigenvalue weighted by molar-refractivity contribution is -0.140. The molecule has 2 aliphatic heterocycles. The Bertz CT molecular complexity index is 2070. The molecule has 0 saturated carbocycles. The van der Waals surface area contributed by atoms with Crippen molar-refractivity contribution in [1.82, 2.24) is 19.8 Å². The highest BCUT2D eigenvalue weighted by Crippen LogP contribution is 2.42. The van der Waals surface area contributed by atoms with Gasteiger partial charge in [0.05, 0.1) is 18.8 Å². The molecule has 8 N–H and O–H groups in total. The van der Waals surface area contributed by atoms with E-state index in [9.17, 15) is 48.4 Å². The van der Waals surface area contributed by atoms with Crippen molar-refractivity contribution in [2.45, 2.75) is 63.9 Å². The number of ether oxygens (including phenoxy) is 2. The van der Waals surface area contributed by atoms with Gasteiger partial charge >= 0.3 is 17.7 Å². The maximum atomic E-state index is 14.5. The molecule has 2 saturated heterocycles. The monoisotopic (exact) mass is 798 g/mol. The lowest BCUT2D eigenvalue weighted by Crippen LogP contribution is -2.46. The summed E-state index contributed by atoms with van der Waals surface area (Å²) in [6.07, 6.45) is -5.28. The fraction of sp³-hybridized carbons (Fsp3) is 0.432. The molecule has 0 spiro atoms. The van der Waals surface area contributed by atoms with Crippen LogP contribution in [0.15, 0.2) is 53.5 Å². The van der Waals surface area contributed by atoms with Gasteiger partial charge in [0.25, 0.3) is 11.8 Å². The van der Waals surface area contributed by atoms with E-state index in [0.29, 0.717) is 41.6 Å². The Hall–Kier alpha value is -5.99. The number of amidine groups is 2. The molecular formula is C37H44F2N8O10. The van der Waals surface area contributed by atoms with Crippen molar-refractivity contribution in [3.63, 3.8) is 0 Å². The lowest BCUT2D eigenvalue weighted by Gasteiger charge is -2.32. The molecule has 3 heterocycles. The van der Waals surface area contributed by atoms with Crippen LogP contribution in [0.5, 0.6) is 11.5 Å². The summed E-state index contributed by atoms with van der Waals surface area (Å²) in [6.45, 7) is 5.25. The first kappa shape index (κ1) is 42.2. The Morgan fingerprint density at radius 3 is 2.33 bits per heavy atom. The van der Waals surface area contributed by atoms with Crippen LogP contribution in [0.4, 0.5) is 25.1 Å². The summed E-state index contributed by atoms with van der Waals surface area (Å²) in [5.74, 6) is -7.17. The van der Waals surface area contributed by atoms with Crippen LogP contribution < -0.4 is 21.2 Å². The summed E-state index contributed by atoms with van der Waals surface area (Å²) in [5.41, 5.74) is -0.302. The van der Waals surface area contributed by atoms with Crippen molar-refractivity contribution >= 4 is 41.1 Å². The third-order valence-corrected chi connectivity index (χ3v) is 9.62. The van der Waals surface area contributed by atoms with Crippen LogP contribution in [-0.4, -0.2) is 115 Å². The van der Waals surface area contributed by atoms with E-state index in [2.05, 4.69) is 15.6 Å². The van der Waals surface area contributed by atoms with E-state index < -0.39 is 66.1 Å². The summed E-state index contributed by atoms with van der Waals surface area (Å²) in [4.78, 5) is 57.3. The van der Waals surface area contributed by atoms with Crippen LogP contribution in [0.25, 0.3) is 0 Å². The van der Waals surface area contributed by atoms with Gasteiger partial charge in [0, 0.05) is 43.1 Å². The first-order valence-electron chi connectivity index (χ1n) is 18.0. The van der Waals surface area contributed by atoms with E-state index in [-0.39, 0.29) is 53.7 Å². The Morgan fingerprint density at radius 2 is 1.75 bits per heavy atom. The summed E-state index contributed by atoms with van der Waals surface area (Å²) in [6, 6.07) is 9.53. The van der Waals surface area contributed by atoms with Crippen LogP contribution in [0, 0.1) is 16.7 Å². The molecule has 3 atom stereocenters. The van der Waals surface area contributed by atoms with Crippen LogP contribution in [0.1, 0.15) is 67.2 Å². The fourth-order valence-electron chi connectivity index (χ4n) is 6.43. The number of rotatable bonds is 10. The molecule has 57 heavy (non-hydrogen) atoms. The minimum atomic E-state index is -3.90. The topological polar surface area (TPSA) is 264 Å². The number of hydrogen-bond donors (Lipinski definition) is 8. The molecule has 5 rings (SSSR count). The number of aliphatic hydroxyl groups excluding tert-OH is 2. The molecule has 1 unspecified atom stereocenters. The van der Waals surface area contributed by atoms with Crippen molar-refractivity contribution in [3.8, 4) is 11.5 Å². The number of piperidine rings is 1. The molecule has 3 aromatic rings. The molecule has 306 valence electrons. The number of amides is 3. The normalized spacial score (nSPS) is 19.2. The van der Waals surface area contributed by atoms with Gasteiger partial charge in [-0.15, -0.1) is 0 Å². The van der Waals surface area contributed by atoms with Crippen molar-refractivity contribution < 1.29 is 53.1 Å². The molecule has 3 amide bonds. The summed E-state index contributed by atoms with van der Waals surface area (Å²) in [7, 11) is 0. The number of likely N-dealkylation sites (N-methyl/N-ethyl adjacent to an activating group) is 1. The third kappa shape index (κ3) is 9.03. The van der Waals surface area contributed by atoms with Crippen molar-refractivity contribution in [1.29, 1.82) is 10.8 Å². The molecule has 1 aromatic heterocycles. The maximum absolute atomic E-state index is 14.5. The number of carbonyl (C=O) groups excluding carboxylic acids is 3. The first-order chi connectivity index (χ1) is 27.0. The van der Waals surface area contributed by atoms with E-state index in [4.69, 9.17) is 20.3 Å². The molecule has 0 bridgehead atoms. The SMILES string of the molecule is CCNC(=O)C(=N)N(C(=N)c1cc(C(C)C)c(O)cc1O)c1ccc(C(=O)N2CCC(COC(=O)Nc3ccn([C@H]4O[C@@H](CO)C(O)C4(F)F)c(=O)n3)CC2)cc1. The lowest BCUT2D eigenvalue weighted by atomic mass is 9.97. The second kappa shape index (κ2) is 17.4. The minimum absolute atomic E-state index is 0.0266. The van der Waals surface area contributed by atoms with Gasteiger partial charge in [0.15, 0.2) is 11.9 Å². The second-order valence-electron chi connectivity index (χ2n) is 13.8. The largest absolute Gasteiger partial charge is 0.508 e. The number of phenolic OH excluding ortho intramolecular Hbond substituents is 2. The van der Waals surface area contributed by atoms with Crippen LogP contribution in [-0.2, 0) is 14.3 Å². The minimum Gasteiger partial charge on any atom is -0.508 e. The van der Waals surface area contributed by atoms with Gasteiger partial charge in [-0.3, -0.25) is 35.2 Å². The van der Waals surface area contributed by atoms with Crippen LogP contribution in [0.2, 0.25) is 0 Å². The van der Waals surface area contributed by atoms with Gasteiger partial charge in [0.2, 0.25) is 6.23 Å². The standard InChI is InChI=1S/C37H44F2N8O10/c1-4-42-32(52)31(41)47(30(40)24-15-23(19(2)3)25(49)16-26(24)50)22-7-5-21(6-8-22)33(53)45-12-9-20(10-13-45)18-56-36(55)44-28-11-14-46(35(54)43-28)34-37(38,39)29(51)27(17-48)57-34/h5-8,11,14-16,19-20,27,29,34,40-41,48-51H,4,9-10,12-13,17-18H2,1-3H3,(H,42,52)(H,43,44,54,55)/t27-,29?,34-/m0/s1. The number of likely N-dealkylation sites (tertiary alicyclic amines) is 1. The van der Waals surface area contributed by atoms with E-state index in [1.165, 1.54) is 30.3 Å². The van der Waals surface area contributed by atoms with Gasteiger partial charge < -0.3 is 40.1 Å². The van der Waals surface area contributed by atoms with Crippen molar-refractivity contribution in [2.24, 2.45) is 5.92 Å². The Balaban J connectivity index is 1.17. The van der Waals surface area contributed by atoms with Crippen LogP contribution in [0.3, 0.4) is 0 Å². The average Bonchev–Trinajstić information content (AvgIpc) is 3.40. The number of benzene rings is 2. The zero-order chi connectivity index (χ0) is 41.8. The fourth-order valence-corrected chi connectivity index (χ4v) is 6.43. The maximum Gasteiger partial charge on any atom is 0.412 e. The van der Waals surface area contributed by atoms with Crippen molar-refractivity contribution in [3.05, 3.63) is 75.8 Å². The molecule has 18 nitrogen and oxygen atoms in total. The summed E-state index contributed by atoms with van der Waals surface area (Å²) >= 11 is 0. The summed E-state index contributed by atoms with van der Waals surface area (Å²) < 4.78 is 39.6. The van der Waals surface area contributed by atoms with Gasteiger partial charge in [-0.2, -0.15) is 13.8 Å². The Labute approximate surface area is 324 Å². The van der Waals surface area contributed by atoms with E-state index in [1.54, 1.807) is 11.8 Å². The van der Waals surface area contributed by atoms with Gasteiger partial charge in [0.1, 0.15) is 29.3 Å². The number of nitrogens with zero attached hydrogens (tertiary/aromatic N) is 4. The molecule has 0 aliphatic carbocycles.